The number of aryl methyl sites for hydroxylation is 1. The molecule has 0 unspecified atom stereocenters. The molecular formula is C28H24N4O2. The number of hydrogen-bond acceptors (Lipinski definition) is 4. The van der Waals surface area contributed by atoms with Crippen LogP contribution in [0.3, 0.4) is 0 Å². The summed E-state index contributed by atoms with van der Waals surface area (Å²) in [6, 6.07) is 24.0. The molecule has 6 nitrogen and oxygen atoms in total. The summed E-state index contributed by atoms with van der Waals surface area (Å²) in [7, 11) is 0. The first-order valence-electron chi connectivity index (χ1n) is 11.7. The summed E-state index contributed by atoms with van der Waals surface area (Å²) in [5.41, 5.74) is 4.67. The summed E-state index contributed by atoms with van der Waals surface area (Å²) < 4.78 is 3.54. The third-order valence-electron chi connectivity index (χ3n) is 6.49. The predicted molar refractivity (Wildman–Crippen MR) is 131 cm³/mol. The highest BCUT2D eigenvalue weighted by Crippen LogP contribution is 2.31. The number of benzene rings is 2. The first-order valence-corrected chi connectivity index (χ1v) is 11.7. The Hall–Kier alpha value is -4.06. The van der Waals surface area contributed by atoms with E-state index in [4.69, 9.17) is 0 Å². The van der Waals surface area contributed by atoms with E-state index in [9.17, 15) is 9.59 Å². The lowest BCUT2D eigenvalue weighted by Crippen LogP contribution is -2.10. The summed E-state index contributed by atoms with van der Waals surface area (Å²) in [5.74, 6) is 1.08. The van der Waals surface area contributed by atoms with E-state index >= 15 is 0 Å². The molecule has 0 radical (unpaired) electrons. The number of hydrogen-bond donors (Lipinski definition) is 0. The van der Waals surface area contributed by atoms with Gasteiger partial charge in [-0.15, -0.1) is 0 Å². The lowest BCUT2D eigenvalue weighted by atomic mass is 10.1. The van der Waals surface area contributed by atoms with Crippen molar-refractivity contribution in [1.29, 1.82) is 0 Å². The van der Waals surface area contributed by atoms with Crippen LogP contribution in [-0.2, 0) is 17.6 Å². The van der Waals surface area contributed by atoms with Crippen molar-refractivity contribution in [1.82, 2.24) is 19.2 Å². The normalized spacial score (nSPS) is 13.5. The van der Waals surface area contributed by atoms with Gasteiger partial charge in [0.2, 0.25) is 5.91 Å². The Morgan fingerprint density at radius 2 is 1.79 bits per heavy atom. The maximum Gasteiger partial charge on any atom is 0.231 e. The Balaban J connectivity index is 1.27. The second-order valence-electron chi connectivity index (χ2n) is 8.97. The molecule has 0 amide bonds. The Morgan fingerprint density at radius 1 is 0.941 bits per heavy atom. The number of aromatic nitrogens is 4. The van der Waals surface area contributed by atoms with Gasteiger partial charge >= 0.3 is 0 Å². The largest absolute Gasteiger partial charge is 0.299 e. The maximum atomic E-state index is 12.9. The van der Waals surface area contributed by atoms with Crippen LogP contribution in [0.5, 0.6) is 0 Å². The number of rotatable bonds is 7. The van der Waals surface area contributed by atoms with Crippen molar-refractivity contribution >= 4 is 28.2 Å². The Labute approximate surface area is 196 Å². The fraction of sp³-hybridized carbons (Fsp3) is 0.214. The van der Waals surface area contributed by atoms with Crippen molar-refractivity contribution < 1.29 is 9.59 Å². The molecule has 168 valence electrons. The lowest BCUT2D eigenvalue weighted by molar-refractivity contribution is -0.119. The van der Waals surface area contributed by atoms with Gasteiger partial charge in [0.25, 0.3) is 0 Å². The number of carbonyl (C=O) groups excluding carboxylic acids is 2. The Kier molecular flexibility index (Phi) is 5.06. The van der Waals surface area contributed by atoms with Crippen molar-refractivity contribution in [3.05, 3.63) is 90.4 Å². The average Bonchev–Trinajstić information content (AvgIpc) is 3.51. The molecule has 3 aromatic heterocycles. The molecule has 1 saturated carbocycles. The third kappa shape index (κ3) is 3.92. The minimum absolute atomic E-state index is 0.0787. The van der Waals surface area contributed by atoms with Crippen molar-refractivity contribution in [2.24, 2.45) is 5.92 Å². The van der Waals surface area contributed by atoms with Gasteiger partial charge in [0.05, 0.1) is 17.6 Å². The molecule has 1 aliphatic rings. The molecule has 0 spiro atoms. The number of ketones is 1. The van der Waals surface area contributed by atoms with Crippen LogP contribution >= 0.6 is 0 Å². The van der Waals surface area contributed by atoms with Crippen LogP contribution in [0.15, 0.2) is 79.0 Å². The minimum atomic E-state index is 0.0787. The van der Waals surface area contributed by atoms with Crippen LogP contribution in [0.25, 0.3) is 27.8 Å². The summed E-state index contributed by atoms with van der Waals surface area (Å²) in [6.07, 6.45) is 5.30. The molecule has 2 aromatic carbocycles. The smallest absolute Gasteiger partial charge is 0.231 e. The number of nitrogens with zero attached hydrogens (tertiary/aromatic N) is 4. The van der Waals surface area contributed by atoms with Crippen LogP contribution < -0.4 is 0 Å². The lowest BCUT2D eigenvalue weighted by Gasteiger charge is -2.07. The zero-order chi connectivity index (χ0) is 23.1. The van der Waals surface area contributed by atoms with E-state index in [1.165, 1.54) is 0 Å². The topological polar surface area (TPSA) is 69.3 Å². The molecule has 1 fully saturated rings. The summed E-state index contributed by atoms with van der Waals surface area (Å²) in [4.78, 5) is 29.7. The molecule has 6 rings (SSSR count). The molecule has 34 heavy (non-hydrogen) atoms. The van der Waals surface area contributed by atoms with E-state index in [1.54, 1.807) is 9.08 Å². The second-order valence-corrected chi connectivity index (χ2v) is 8.97. The average molecular weight is 449 g/mol. The second kappa shape index (κ2) is 8.37. The van der Waals surface area contributed by atoms with Crippen molar-refractivity contribution in [3.8, 4) is 11.3 Å². The van der Waals surface area contributed by atoms with Gasteiger partial charge in [-0.25, -0.2) is 9.50 Å². The fourth-order valence-corrected chi connectivity index (χ4v) is 4.48. The monoisotopic (exact) mass is 448 g/mol. The molecule has 5 aromatic rings. The van der Waals surface area contributed by atoms with Crippen molar-refractivity contribution in [3.63, 3.8) is 0 Å². The van der Waals surface area contributed by atoms with E-state index < -0.39 is 0 Å². The summed E-state index contributed by atoms with van der Waals surface area (Å²) in [5, 5.41) is 5.62. The van der Waals surface area contributed by atoms with E-state index in [2.05, 4.69) is 16.1 Å². The highest BCUT2D eigenvalue weighted by atomic mass is 16.2. The third-order valence-corrected chi connectivity index (χ3v) is 6.49. The number of carbonyl (C=O) groups is 2. The van der Waals surface area contributed by atoms with Gasteiger partial charge in [0.15, 0.2) is 11.5 Å². The zero-order valence-corrected chi connectivity index (χ0v) is 18.7. The standard InChI is InChI=1S/C28H24N4O2/c33-25(20-10-11-20)18-26-29-27-8-4-7-24(32(27)30-26)21-12-13-23-22(17-21)15-16-31(23)28(34)14-9-19-5-2-1-3-6-19/h1-8,12-13,15-17,20H,9-11,14,18H2. The molecule has 1 aliphatic carbocycles. The molecule has 0 bridgehead atoms. The summed E-state index contributed by atoms with van der Waals surface area (Å²) >= 11 is 0. The van der Waals surface area contributed by atoms with Crippen molar-refractivity contribution in [2.45, 2.75) is 32.1 Å². The van der Waals surface area contributed by atoms with E-state index in [-0.39, 0.29) is 17.6 Å². The molecule has 0 saturated heterocycles. The van der Waals surface area contributed by atoms with Gasteiger partial charge in [-0.1, -0.05) is 42.5 Å². The first kappa shape index (κ1) is 20.5. The van der Waals surface area contributed by atoms with Gasteiger partial charge in [-0.2, -0.15) is 5.10 Å². The van der Waals surface area contributed by atoms with Gasteiger partial charge in [0.1, 0.15) is 5.78 Å². The molecular weight excluding hydrogens is 424 g/mol. The predicted octanol–water partition coefficient (Wildman–Crippen LogP) is 5.15. The van der Waals surface area contributed by atoms with E-state index in [0.717, 1.165) is 52.6 Å². The summed E-state index contributed by atoms with van der Waals surface area (Å²) in [6.45, 7) is 0. The van der Waals surface area contributed by atoms with Crippen LogP contribution in [-0.4, -0.2) is 30.9 Å². The fourth-order valence-electron chi connectivity index (χ4n) is 4.48. The van der Waals surface area contributed by atoms with E-state index in [0.29, 0.717) is 18.7 Å². The highest BCUT2D eigenvalue weighted by molar-refractivity contribution is 5.94. The SMILES string of the molecule is O=C(Cc1nc2cccc(-c3ccc4c(ccn4C(=O)CCc4ccccc4)c3)n2n1)C1CC1. The molecule has 0 N–H and O–H groups in total. The van der Waals surface area contributed by atoms with Crippen LogP contribution in [0.4, 0.5) is 0 Å². The van der Waals surface area contributed by atoms with Gasteiger partial charge < -0.3 is 0 Å². The van der Waals surface area contributed by atoms with Crippen LogP contribution in [0, 0.1) is 5.92 Å². The van der Waals surface area contributed by atoms with Crippen LogP contribution in [0.2, 0.25) is 0 Å². The van der Waals surface area contributed by atoms with Crippen LogP contribution in [0.1, 0.15) is 35.4 Å². The van der Waals surface area contributed by atoms with Gasteiger partial charge in [-0.3, -0.25) is 14.2 Å². The molecule has 0 atom stereocenters. The zero-order valence-electron chi connectivity index (χ0n) is 18.7. The highest BCUT2D eigenvalue weighted by Gasteiger charge is 2.30. The number of Topliss-reactive ketones (excluding diaryl/α,β-unsaturated/α-hetero) is 1. The minimum Gasteiger partial charge on any atom is -0.299 e. The van der Waals surface area contributed by atoms with E-state index in [1.807, 2.05) is 72.9 Å². The van der Waals surface area contributed by atoms with Crippen molar-refractivity contribution in [2.75, 3.05) is 0 Å². The molecule has 3 heterocycles. The van der Waals surface area contributed by atoms with Gasteiger partial charge in [-0.05, 0) is 55.2 Å². The quantitative estimate of drug-likeness (QED) is 0.345. The first-order chi connectivity index (χ1) is 16.7. The number of fused-ring (bicyclic) bond motifs is 2. The molecule has 6 heteroatoms. The van der Waals surface area contributed by atoms with Gasteiger partial charge in [0, 0.05) is 29.5 Å². The Morgan fingerprint density at radius 3 is 2.62 bits per heavy atom. The molecule has 0 aliphatic heterocycles. The maximum absolute atomic E-state index is 12.9. The number of pyridine rings is 1. The Bertz CT molecular complexity index is 1530.